The number of hydrogen-bond donors (Lipinski definition) is 2. The van der Waals surface area contributed by atoms with E-state index in [4.69, 9.17) is 5.73 Å². The maximum absolute atomic E-state index is 11.9. The molecule has 1 amide bonds. The van der Waals surface area contributed by atoms with Crippen LogP contribution < -0.4 is 11.1 Å². The molecule has 0 aliphatic rings. The van der Waals surface area contributed by atoms with Crippen LogP contribution in [0.2, 0.25) is 0 Å². The van der Waals surface area contributed by atoms with E-state index in [0.29, 0.717) is 30.7 Å². The highest BCUT2D eigenvalue weighted by Crippen LogP contribution is 2.18. The van der Waals surface area contributed by atoms with Gasteiger partial charge >= 0.3 is 0 Å². The van der Waals surface area contributed by atoms with Gasteiger partial charge in [0.2, 0.25) is 5.91 Å². The topological polar surface area (TPSA) is 55.1 Å². The van der Waals surface area contributed by atoms with Crippen molar-refractivity contribution in [3.8, 4) is 0 Å². The van der Waals surface area contributed by atoms with Crippen LogP contribution in [0.4, 0.5) is 0 Å². The molecule has 0 aromatic rings. The molecular weight excluding hydrogens is 248 g/mol. The van der Waals surface area contributed by atoms with E-state index < -0.39 is 0 Å². The van der Waals surface area contributed by atoms with Crippen LogP contribution in [0.25, 0.3) is 0 Å². The van der Waals surface area contributed by atoms with Gasteiger partial charge in [-0.25, -0.2) is 0 Å². The first-order valence-corrected chi connectivity index (χ1v) is 6.71. The van der Waals surface area contributed by atoms with Gasteiger partial charge in [-0.2, -0.15) is 0 Å². The smallest absolute Gasteiger partial charge is 0.220 e. The summed E-state index contributed by atoms with van der Waals surface area (Å²) in [7, 11) is 0. The lowest BCUT2D eigenvalue weighted by atomic mass is 9.89. The molecule has 0 fully saturated rings. The largest absolute Gasteiger partial charge is 0.350 e. The first-order chi connectivity index (χ1) is 7.70. The maximum Gasteiger partial charge on any atom is 0.220 e. The normalized spacial score (nSPS) is 16.1. The molecule has 0 heterocycles. The van der Waals surface area contributed by atoms with Crippen LogP contribution in [-0.2, 0) is 4.79 Å². The van der Waals surface area contributed by atoms with Gasteiger partial charge in [0.05, 0.1) is 0 Å². The summed E-state index contributed by atoms with van der Waals surface area (Å²) in [5.74, 6) is 1.61. The Bertz CT molecular complexity index is 244. The Morgan fingerprint density at radius 1 is 1.22 bits per heavy atom. The number of nitrogens with one attached hydrogen (secondary N) is 1. The van der Waals surface area contributed by atoms with Crippen molar-refractivity contribution in [2.24, 2.45) is 23.5 Å². The Balaban J connectivity index is 0. The molecule has 0 bridgehead atoms. The molecule has 0 spiro atoms. The van der Waals surface area contributed by atoms with E-state index >= 15 is 0 Å². The van der Waals surface area contributed by atoms with E-state index in [1.54, 1.807) is 0 Å². The monoisotopic (exact) mass is 278 g/mol. The molecule has 2 unspecified atom stereocenters. The minimum atomic E-state index is -0.262. The van der Waals surface area contributed by atoms with Gasteiger partial charge in [0.1, 0.15) is 0 Å². The summed E-state index contributed by atoms with van der Waals surface area (Å²) in [6.45, 7) is 13.2. The average Bonchev–Trinajstić information content (AvgIpc) is 2.15. The van der Waals surface area contributed by atoms with Crippen LogP contribution in [-0.4, -0.2) is 18.0 Å². The van der Waals surface area contributed by atoms with Crippen molar-refractivity contribution in [2.45, 2.75) is 59.9 Å². The van der Waals surface area contributed by atoms with Gasteiger partial charge in [0.15, 0.2) is 0 Å². The average molecular weight is 279 g/mol. The number of halogens is 1. The molecule has 0 aromatic heterocycles. The molecule has 0 saturated heterocycles. The van der Waals surface area contributed by atoms with Crippen LogP contribution in [0.1, 0.15) is 54.4 Å². The molecule has 3 N–H and O–H groups in total. The van der Waals surface area contributed by atoms with Gasteiger partial charge < -0.3 is 11.1 Å². The summed E-state index contributed by atoms with van der Waals surface area (Å²) in [5, 5.41) is 3.10. The third-order valence-corrected chi connectivity index (χ3v) is 3.40. The fourth-order valence-electron chi connectivity index (χ4n) is 2.00. The molecular formula is C14H31ClN2O. The van der Waals surface area contributed by atoms with Crippen molar-refractivity contribution < 1.29 is 4.79 Å². The van der Waals surface area contributed by atoms with Crippen molar-refractivity contribution in [2.75, 3.05) is 6.54 Å². The van der Waals surface area contributed by atoms with E-state index in [2.05, 4.69) is 39.9 Å². The van der Waals surface area contributed by atoms with Gasteiger partial charge in [-0.05, 0) is 31.1 Å². The third kappa shape index (κ3) is 7.93. The van der Waals surface area contributed by atoms with Crippen molar-refractivity contribution in [1.29, 1.82) is 0 Å². The van der Waals surface area contributed by atoms with Gasteiger partial charge in [0.25, 0.3) is 0 Å². The number of hydrogen-bond acceptors (Lipinski definition) is 2. The molecule has 0 rings (SSSR count). The second kappa shape index (κ2) is 8.76. The van der Waals surface area contributed by atoms with E-state index in [0.717, 1.165) is 6.42 Å². The number of rotatable bonds is 7. The molecule has 3 nitrogen and oxygen atoms in total. The van der Waals surface area contributed by atoms with Crippen LogP contribution in [0.15, 0.2) is 0 Å². The van der Waals surface area contributed by atoms with E-state index in [9.17, 15) is 4.79 Å². The molecule has 4 heteroatoms. The van der Waals surface area contributed by atoms with Gasteiger partial charge in [0, 0.05) is 18.5 Å². The van der Waals surface area contributed by atoms with E-state index in [1.807, 2.05) is 6.92 Å². The quantitative estimate of drug-likeness (QED) is 0.752. The molecule has 2 atom stereocenters. The van der Waals surface area contributed by atoms with Crippen molar-refractivity contribution >= 4 is 18.3 Å². The minimum Gasteiger partial charge on any atom is -0.350 e. The van der Waals surface area contributed by atoms with Gasteiger partial charge in [-0.1, -0.05) is 34.6 Å². The van der Waals surface area contributed by atoms with Crippen LogP contribution in [0, 0.1) is 17.8 Å². The Labute approximate surface area is 119 Å². The molecule has 110 valence electrons. The predicted molar refractivity (Wildman–Crippen MR) is 80.9 cm³/mol. The number of amides is 1. The fraction of sp³-hybridized carbons (Fsp3) is 0.929. The highest BCUT2D eigenvalue weighted by atomic mass is 35.5. The van der Waals surface area contributed by atoms with E-state index in [-0.39, 0.29) is 23.9 Å². The van der Waals surface area contributed by atoms with Crippen molar-refractivity contribution in [3.63, 3.8) is 0 Å². The van der Waals surface area contributed by atoms with E-state index in [1.165, 1.54) is 0 Å². The second-order valence-electron chi connectivity index (χ2n) is 6.34. The Morgan fingerprint density at radius 2 is 1.72 bits per heavy atom. The minimum absolute atomic E-state index is 0. The summed E-state index contributed by atoms with van der Waals surface area (Å²) in [6.07, 6.45) is 1.51. The molecule has 0 aliphatic carbocycles. The SMILES string of the molecule is CC(C)CC(C)(CN)NC(=O)CC(C)C(C)C.Cl. The zero-order chi connectivity index (χ0) is 13.6. The lowest BCUT2D eigenvalue weighted by Gasteiger charge is -2.32. The van der Waals surface area contributed by atoms with Crippen LogP contribution >= 0.6 is 12.4 Å². The second-order valence-corrected chi connectivity index (χ2v) is 6.34. The highest BCUT2D eigenvalue weighted by molar-refractivity contribution is 5.85. The van der Waals surface area contributed by atoms with Crippen molar-refractivity contribution in [3.05, 3.63) is 0 Å². The molecule has 18 heavy (non-hydrogen) atoms. The van der Waals surface area contributed by atoms with Gasteiger partial charge in [-0.15, -0.1) is 12.4 Å². The van der Waals surface area contributed by atoms with Crippen molar-refractivity contribution in [1.82, 2.24) is 5.32 Å². The molecule has 0 saturated carbocycles. The number of nitrogens with two attached hydrogens (primary N) is 1. The first-order valence-electron chi connectivity index (χ1n) is 6.71. The highest BCUT2D eigenvalue weighted by Gasteiger charge is 2.26. The summed E-state index contributed by atoms with van der Waals surface area (Å²) in [5.41, 5.74) is 5.52. The predicted octanol–water partition coefficient (Wildman–Crippen LogP) is 2.97. The lowest BCUT2D eigenvalue weighted by molar-refractivity contribution is -0.124. The number of carbonyl (C=O) groups is 1. The summed E-state index contributed by atoms with van der Waals surface area (Å²) < 4.78 is 0. The van der Waals surface area contributed by atoms with Gasteiger partial charge in [-0.3, -0.25) is 4.79 Å². The van der Waals surface area contributed by atoms with Crippen LogP contribution in [0.5, 0.6) is 0 Å². The van der Waals surface area contributed by atoms with Crippen LogP contribution in [0.3, 0.4) is 0 Å². The summed E-state index contributed by atoms with van der Waals surface area (Å²) >= 11 is 0. The Hall–Kier alpha value is -0.280. The first kappa shape index (κ1) is 20.0. The fourth-order valence-corrected chi connectivity index (χ4v) is 2.00. The Morgan fingerprint density at radius 3 is 2.06 bits per heavy atom. The molecule has 0 radical (unpaired) electrons. The molecule has 0 aliphatic heterocycles. The molecule has 0 aromatic carbocycles. The third-order valence-electron chi connectivity index (χ3n) is 3.40. The summed E-state index contributed by atoms with van der Waals surface area (Å²) in [6, 6.07) is 0. The zero-order valence-electron chi connectivity index (χ0n) is 12.7. The lowest BCUT2D eigenvalue weighted by Crippen LogP contribution is -2.52. The zero-order valence-corrected chi connectivity index (χ0v) is 13.6. The standard InChI is InChI=1S/C14H30N2O.ClH/c1-10(2)8-14(6,9-15)16-13(17)7-12(5)11(3)4;/h10-12H,7-9,15H2,1-6H3,(H,16,17);1H. The maximum atomic E-state index is 11.9. The Kier molecular flexibility index (Phi) is 9.75. The summed E-state index contributed by atoms with van der Waals surface area (Å²) in [4.78, 5) is 11.9. The number of carbonyl (C=O) groups excluding carboxylic acids is 1.